The Morgan fingerprint density at radius 1 is 0.958 bits per heavy atom. The number of pyridine rings is 1. The topological polar surface area (TPSA) is 68.0 Å². The molecule has 1 amide bonds. The van der Waals surface area contributed by atoms with Gasteiger partial charge in [0.1, 0.15) is 0 Å². The van der Waals surface area contributed by atoms with Crippen molar-refractivity contribution in [3.8, 4) is 11.1 Å². The van der Waals surface area contributed by atoms with Crippen molar-refractivity contribution >= 4 is 11.6 Å². The summed E-state index contributed by atoms with van der Waals surface area (Å²) >= 11 is 0. The number of benzene rings is 2. The van der Waals surface area contributed by atoms with Gasteiger partial charge in [-0.3, -0.25) is 9.78 Å². The van der Waals surface area contributed by atoms with Crippen LogP contribution in [0.4, 0.5) is 5.69 Å². The molecule has 2 aromatic carbocycles. The summed E-state index contributed by atoms with van der Waals surface area (Å²) in [4.78, 5) is 16.5. The Morgan fingerprint density at radius 2 is 1.75 bits per heavy atom. The van der Waals surface area contributed by atoms with E-state index in [-0.39, 0.29) is 5.91 Å². The summed E-state index contributed by atoms with van der Waals surface area (Å²) in [6.45, 7) is 0.569. The van der Waals surface area contributed by atoms with Crippen molar-refractivity contribution in [3.05, 3.63) is 84.2 Å². The molecule has 24 heavy (non-hydrogen) atoms. The maximum Gasteiger partial charge on any atom is 0.255 e. The maximum absolute atomic E-state index is 12.5. The van der Waals surface area contributed by atoms with Crippen molar-refractivity contribution in [1.82, 2.24) is 4.98 Å². The van der Waals surface area contributed by atoms with Gasteiger partial charge in [0.25, 0.3) is 5.91 Å². The standard InChI is InChI=1S/C20H19N3O/c21-10-7-15-3-1-5-18(13-15)20(24)23-19-6-2-4-17(14-19)16-8-11-22-12-9-16/h1-6,8-9,11-14H,7,10,21H2,(H,23,24). The van der Waals surface area contributed by atoms with E-state index in [2.05, 4.69) is 10.3 Å². The Balaban J connectivity index is 1.79. The summed E-state index contributed by atoms with van der Waals surface area (Å²) < 4.78 is 0. The minimum atomic E-state index is -0.124. The second kappa shape index (κ2) is 7.53. The first kappa shape index (κ1) is 15.9. The Labute approximate surface area is 141 Å². The van der Waals surface area contributed by atoms with Crippen molar-refractivity contribution in [1.29, 1.82) is 0 Å². The van der Waals surface area contributed by atoms with Crippen molar-refractivity contribution in [2.75, 3.05) is 11.9 Å². The molecule has 0 aliphatic heterocycles. The number of amides is 1. The number of carbonyl (C=O) groups excluding carboxylic acids is 1. The molecule has 1 heterocycles. The molecule has 0 atom stereocenters. The summed E-state index contributed by atoms with van der Waals surface area (Å²) in [6.07, 6.45) is 4.27. The van der Waals surface area contributed by atoms with E-state index >= 15 is 0 Å². The van der Waals surface area contributed by atoms with Crippen molar-refractivity contribution < 1.29 is 4.79 Å². The number of rotatable bonds is 5. The zero-order valence-corrected chi connectivity index (χ0v) is 13.3. The van der Waals surface area contributed by atoms with Gasteiger partial charge >= 0.3 is 0 Å². The largest absolute Gasteiger partial charge is 0.330 e. The average Bonchev–Trinajstić information content (AvgIpc) is 2.63. The third-order valence-electron chi connectivity index (χ3n) is 3.76. The monoisotopic (exact) mass is 317 g/mol. The zero-order valence-electron chi connectivity index (χ0n) is 13.3. The summed E-state index contributed by atoms with van der Waals surface area (Å²) in [5.41, 5.74) is 10.1. The molecule has 3 aromatic rings. The number of aromatic nitrogens is 1. The first-order chi connectivity index (χ1) is 11.8. The zero-order chi connectivity index (χ0) is 16.8. The molecule has 0 spiro atoms. The molecule has 4 heteroatoms. The number of nitrogens with one attached hydrogen (secondary N) is 1. The van der Waals surface area contributed by atoms with Crippen LogP contribution in [0.3, 0.4) is 0 Å². The van der Waals surface area contributed by atoms with Gasteiger partial charge in [-0.15, -0.1) is 0 Å². The van der Waals surface area contributed by atoms with E-state index in [1.165, 1.54) is 0 Å². The molecule has 0 fully saturated rings. The summed E-state index contributed by atoms with van der Waals surface area (Å²) in [5.74, 6) is -0.124. The van der Waals surface area contributed by atoms with Crippen molar-refractivity contribution in [2.24, 2.45) is 5.73 Å². The molecule has 0 unspecified atom stereocenters. The molecule has 3 N–H and O–H groups in total. The number of hydrogen-bond donors (Lipinski definition) is 2. The van der Waals surface area contributed by atoms with Gasteiger partial charge in [-0.1, -0.05) is 24.3 Å². The molecule has 4 nitrogen and oxygen atoms in total. The van der Waals surface area contributed by atoms with Crippen LogP contribution < -0.4 is 11.1 Å². The fourth-order valence-corrected chi connectivity index (χ4v) is 2.56. The van der Waals surface area contributed by atoms with Crippen LogP contribution in [-0.2, 0) is 6.42 Å². The lowest BCUT2D eigenvalue weighted by molar-refractivity contribution is 0.102. The number of carbonyl (C=O) groups is 1. The lowest BCUT2D eigenvalue weighted by Gasteiger charge is -2.09. The fraction of sp³-hybridized carbons (Fsp3) is 0.100. The molecule has 3 rings (SSSR count). The number of nitrogens with two attached hydrogens (primary N) is 1. The lowest BCUT2D eigenvalue weighted by Crippen LogP contribution is -2.12. The van der Waals surface area contributed by atoms with Gasteiger partial charge in [-0.05, 0) is 66.1 Å². The first-order valence-electron chi connectivity index (χ1n) is 7.87. The second-order valence-electron chi connectivity index (χ2n) is 5.51. The third kappa shape index (κ3) is 3.86. The number of nitrogens with zero attached hydrogens (tertiary/aromatic N) is 1. The van der Waals surface area contributed by atoms with E-state index < -0.39 is 0 Å². The Kier molecular flexibility index (Phi) is 4.99. The van der Waals surface area contributed by atoms with Crippen molar-refractivity contribution in [2.45, 2.75) is 6.42 Å². The molecular formula is C20H19N3O. The highest BCUT2D eigenvalue weighted by Gasteiger charge is 2.07. The molecule has 0 bridgehead atoms. The van der Waals surface area contributed by atoms with E-state index in [0.29, 0.717) is 12.1 Å². The van der Waals surface area contributed by atoms with Gasteiger partial charge in [0.05, 0.1) is 0 Å². The van der Waals surface area contributed by atoms with E-state index in [1.54, 1.807) is 12.4 Å². The lowest BCUT2D eigenvalue weighted by atomic mass is 10.1. The van der Waals surface area contributed by atoms with Gasteiger partial charge in [0.2, 0.25) is 0 Å². The molecule has 0 saturated carbocycles. The Bertz CT molecular complexity index is 831. The maximum atomic E-state index is 12.5. The molecule has 1 aromatic heterocycles. The molecule has 0 saturated heterocycles. The van der Waals surface area contributed by atoms with Crippen LogP contribution in [0.25, 0.3) is 11.1 Å². The fourth-order valence-electron chi connectivity index (χ4n) is 2.56. The van der Waals surface area contributed by atoms with Crippen LogP contribution in [0.5, 0.6) is 0 Å². The normalized spacial score (nSPS) is 10.4. The quantitative estimate of drug-likeness (QED) is 0.757. The van der Waals surface area contributed by atoms with E-state index in [4.69, 9.17) is 5.73 Å². The van der Waals surface area contributed by atoms with Crippen LogP contribution in [0.15, 0.2) is 73.1 Å². The van der Waals surface area contributed by atoms with Gasteiger partial charge in [0.15, 0.2) is 0 Å². The van der Waals surface area contributed by atoms with Gasteiger partial charge < -0.3 is 11.1 Å². The summed E-state index contributed by atoms with van der Waals surface area (Å²) in [6, 6.07) is 19.2. The average molecular weight is 317 g/mol. The third-order valence-corrected chi connectivity index (χ3v) is 3.76. The highest BCUT2D eigenvalue weighted by molar-refractivity contribution is 6.04. The van der Waals surface area contributed by atoms with E-state index in [9.17, 15) is 4.79 Å². The highest BCUT2D eigenvalue weighted by atomic mass is 16.1. The van der Waals surface area contributed by atoms with Crippen LogP contribution in [-0.4, -0.2) is 17.4 Å². The SMILES string of the molecule is NCCc1cccc(C(=O)Nc2cccc(-c3ccncc3)c2)c1. The van der Waals surface area contributed by atoms with Crippen LogP contribution in [0, 0.1) is 0 Å². The Hall–Kier alpha value is -2.98. The van der Waals surface area contributed by atoms with Gasteiger partial charge in [-0.25, -0.2) is 0 Å². The second-order valence-corrected chi connectivity index (χ2v) is 5.51. The smallest absolute Gasteiger partial charge is 0.255 e. The molecule has 0 aliphatic rings. The van der Waals surface area contributed by atoms with Gasteiger partial charge in [0, 0.05) is 23.6 Å². The predicted octanol–water partition coefficient (Wildman–Crippen LogP) is 3.50. The van der Waals surface area contributed by atoms with Gasteiger partial charge in [-0.2, -0.15) is 0 Å². The minimum absolute atomic E-state index is 0.124. The molecule has 0 aliphatic carbocycles. The van der Waals surface area contributed by atoms with Crippen LogP contribution in [0.2, 0.25) is 0 Å². The molecule has 120 valence electrons. The summed E-state index contributed by atoms with van der Waals surface area (Å²) in [7, 11) is 0. The predicted molar refractivity (Wildman–Crippen MR) is 96.8 cm³/mol. The van der Waals surface area contributed by atoms with E-state index in [0.717, 1.165) is 28.8 Å². The first-order valence-corrected chi connectivity index (χ1v) is 7.87. The molecular weight excluding hydrogens is 298 g/mol. The Morgan fingerprint density at radius 3 is 2.54 bits per heavy atom. The van der Waals surface area contributed by atoms with Crippen molar-refractivity contribution in [3.63, 3.8) is 0 Å². The highest BCUT2D eigenvalue weighted by Crippen LogP contribution is 2.22. The number of anilines is 1. The van der Waals surface area contributed by atoms with Crippen LogP contribution in [0.1, 0.15) is 15.9 Å². The minimum Gasteiger partial charge on any atom is -0.330 e. The number of hydrogen-bond acceptors (Lipinski definition) is 3. The van der Waals surface area contributed by atoms with Crippen LogP contribution >= 0.6 is 0 Å². The molecule has 0 radical (unpaired) electrons. The van der Waals surface area contributed by atoms with E-state index in [1.807, 2.05) is 60.7 Å². The summed E-state index contributed by atoms with van der Waals surface area (Å²) in [5, 5.41) is 2.95.